The molecule has 3 aromatic carbocycles. The maximum Gasteiger partial charge on any atom is 0.573 e. The predicted octanol–water partition coefficient (Wildman–Crippen LogP) is 7.79. The number of anilines is 1. The molecule has 2 unspecified atom stereocenters. The van der Waals surface area contributed by atoms with E-state index in [2.05, 4.69) is 20.0 Å². The lowest BCUT2D eigenvalue weighted by Gasteiger charge is -2.47. The summed E-state index contributed by atoms with van der Waals surface area (Å²) in [6, 6.07) is 13.2. The van der Waals surface area contributed by atoms with Gasteiger partial charge in [-0.3, -0.25) is 4.79 Å². The third-order valence-electron chi connectivity index (χ3n) is 9.53. The number of aryl methyl sites for hydroxylation is 1. The molecule has 2 atom stereocenters. The van der Waals surface area contributed by atoms with E-state index in [4.69, 9.17) is 0 Å². The molecule has 0 amide bonds. The first-order valence-corrected chi connectivity index (χ1v) is 17.2. The van der Waals surface area contributed by atoms with Gasteiger partial charge in [0.2, 0.25) is 0 Å². The Bertz CT molecular complexity index is 2220. The molecule has 2 aromatic heterocycles. The summed E-state index contributed by atoms with van der Waals surface area (Å²) >= 11 is 0. The SMILES string of the molecule is Cc1ccc(S(=O)(=O)n2cc(-c3nc(NC4C5CCC(CC5)C4C(=O)O)cc(-c4ccc(OC(F)(F)F)cc4)n3)c3cc(F)cc(F)c32)cc1. The molecule has 2 N–H and O–H groups in total. The molecule has 3 saturated carbocycles. The number of rotatable bonds is 8. The quantitative estimate of drug-likeness (QED) is 0.156. The van der Waals surface area contributed by atoms with Crippen molar-refractivity contribution < 1.29 is 45.0 Å². The molecule has 9 nitrogen and oxygen atoms in total. The van der Waals surface area contributed by atoms with Crippen LogP contribution in [0, 0.1) is 36.3 Å². The zero-order valence-electron chi connectivity index (χ0n) is 26.3. The van der Waals surface area contributed by atoms with Crippen LogP contribution in [0.2, 0.25) is 0 Å². The standard InChI is InChI=1S/C35H29F5N4O5S/c1-18-2-12-24(13-3-18)50(47,48)44-17-26(25-14-22(36)15-27(37)32(25)44)33-41-28(19-8-10-23(11-9-19)49-35(38,39)40)16-29(43-33)42-31-21-6-4-20(5-7-21)30(31)34(45)46/h2-3,8-17,20-21,30-31H,4-7H2,1H3,(H,45,46)(H,41,42,43). The zero-order valence-corrected chi connectivity index (χ0v) is 27.1. The summed E-state index contributed by atoms with van der Waals surface area (Å²) in [5.41, 5.74) is 0.739. The summed E-state index contributed by atoms with van der Waals surface area (Å²) in [5.74, 6) is -4.34. The second-order valence-corrected chi connectivity index (χ2v) is 14.5. The minimum absolute atomic E-state index is 0.0199. The van der Waals surface area contributed by atoms with Crippen LogP contribution in [-0.2, 0) is 14.8 Å². The number of aromatic nitrogens is 3. The van der Waals surface area contributed by atoms with E-state index in [1.165, 1.54) is 30.3 Å². The summed E-state index contributed by atoms with van der Waals surface area (Å²) < 4.78 is 101. The van der Waals surface area contributed by atoms with Gasteiger partial charge in [-0.1, -0.05) is 17.7 Å². The molecule has 3 fully saturated rings. The van der Waals surface area contributed by atoms with E-state index in [-0.39, 0.29) is 45.0 Å². The number of ether oxygens (including phenoxy) is 1. The number of hydrogen-bond donors (Lipinski definition) is 2. The van der Waals surface area contributed by atoms with Crippen LogP contribution in [0.5, 0.6) is 5.75 Å². The van der Waals surface area contributed by atoms with Crippen LogP contribution in [0.3, 0.4) is 0 Å². The van der Waals surface area contributed by atoms with Gasteiger partial charge < -0.3 is 15.2 Å². The number of fused-ring (bicyclic) bond motifs is 4. The number of carboxylic acid groups (broad SMARTS) is 1. The van der Waals surface area contributed by atoms with Crippen LogP contribution in [0.1, 0.15) is 31.2 Å². The summed E-state index contributed by atoms with van der Waals surface area (Å²) in [6.07, 6.45) is -0.662. The van der Waals surface area contributed by atoms with Crippen molar-refractivity contribution in [2.45, 2.75) is 49.9 Å². The average Bonchev–Trinajstić information content (AvgIpc) is 3.45. The number of aliphatic carboxylic acids is 1. The Balaban J connectivity index is 1.40. The number of alkyl halides is 3. The van der Waals surface area contributed by atoms with Crippen molar-refractivity contribution in [1.29, 1.82) is 0 Å². The van der Waals surface area contributed by atoms with Crippen molar-refractivity contribution in [1.82, 2.24) is 13.9 Å². The van der Waals surface area contributed by atoms with Crippen molar-refractivity contribution in [2.24, 2.45) is 17.8 Å². The van der Waals surface area contributed by atoms with Gasteiger partial charge in [0, 0.05) is 40.9 Å². The van der Waals surface area contributed by atoms with Crippen molar-refractivity contribution in [3.05, 3.63) is 90.1 Å². The second-order valence-electron chi connectivity index (χ2n) is 12.7. The smallest absolute Gasteiger partial charge is 0.481 e. The molecular weight excluding hydrogens is 683 g/mol. The third-order valence-corrected chi connectivity index (χ3v) is 11.2. The minimum atomic E-state index is -4.92. The molecule has 2 bridgehead atoms. The van der Waals surface area contributed by atoms with Crippen molar-refractivity contribution in [2.75, 3.05) is 5.32 Å². The van der Waals surface area contributed by atoms with Crippen molar-refractivity contribution in [3.8, 4) is 28.4 Å². The Hall–Kier alpha value is -5.05. The van der Waals surface area contributed by atoms with E-state index in [0.29, 0.717) is 15.6 Å². The highest BCUT2D eigenvalue weighted by Crippen LogP contribution is 2.46. The molecule has 0 radical (unpaired) electrons. The van der Waals surface area contributed by atoms with Gasteiger partial charge >= 0.3 is 12.3 Å². The van der Waals surface area contributed by atoms with Crippen LogP contribution < -0.4 is 10.1 Å². The molecule has 0 aliphatic heterocycles. The van der Waals surface area contributed by atoms with Gasteiger partial charge in [-0.05, 0) is 86.9 Å². The normalized spacial score (nSPS) is 20.6. The van der Waals surface area contributed by atoms with Crippen molar-refractivity contribution >= 4 is 32.7 Å². The first-order chi connectivity index (χ1) is 23.7. The molecule has 0 saturated heterocycles. The molecule has 0 spiro atoms. The lowest BCUT2D eigenvalue weighted by atomic mass is 9.61. The number of nitrogens with one attached hydrogen (secondary N) is 1. The highest BCUT2D eigenvalue weighted by atomic mass is 32.2. The van der Waals surface area contributed by atoms with Gasteiger partial charge in [-0.15, -0.1) is 13.2 Å². The van der Waals surface area contributed by atoms with Crippen LogP contribution >= 0.6 is 0 Å². The number of benzene rings is 3. The van der Waals surface area contributed by atoms with E-state index < -0.39 is 57.2 Å². The number of nitrogens with zero attached hydrogens (tertiary/aromatic N) is 3. The lowest BCUT2D eigenvalue weighted by molar-refractivity contribution is -0.274. The van der Waals surface area contributed by atoms with Crippen LogP contribution in [0.4, 0.5) is 27.8 Å². The third kappa shape index (κ3) is 6.25. The van der Waals surface area contributed by atoms with E-state index >= 15 is 4.39 Å². The average molecular weight is 713 g/mol. The van der Waals surface area contributed by atoms with E-state index in [9.17, 15) is 35.9 Å². The number of carbonyl (C=O) groups is 1. The molecular formula is C35H29F5N4O5S. The maximum absolute atomic E-state index is 15.5. The molecule has 260 valence electrons. The van der Waals surface area contributed by atoms with Crippen LogP contribution in [0.25, 0.3) is 33.5 Å². The maximum atomic E-state index is 15.5. The van der Waals surface area contributed by atoms with Gasteiger partial charge in [-0.2, -0.15) is 0 Å². The van der Waals surface area contributed by atoms with Gasteiger partial charge in [0.15, 0.2) is 11.6 Å². The van der Waals surface area contributed by atoms with Gasteiger partial charge in [0.25, 0.3) is 10.0 Å². The molecule has 5 aromatic rings. The number of carboxylic acids is 1. The Kier molecular flexibility index (Phi) is 8.28. The summed E-state index contributed by atoms with van der Waals surface area (Å²) in [5, 5.41) is 13.3. The predicted molar refractivity (Wildman–Crippen MR) is 173 cm³/mol. The molecule has 2 heterocycles. The van der Waals surface area contributed by atoms with Gasteiger partial charge in [0.1, 0.15) is 22.9 Å². The van der Waals surface area contributed by atoms with E-state index in [1.807, 2.05) is 0 Å². The molecule has 15 heteroatoms. The first kappa shape index (κ1) is 33.4. The fourth-order valence-electron chi connectivity index (χ4n) is 7.24. The largest absolute Gasteiger partial charge is 0.573 e. The summed E-state index contributed by atoms with van der Waals surface area (Å²) in [7, 11) is -4.43. The highest BCUT2D eigenvalue weighted by Gasteiger charge is 2.47. The van der Waals surface area contributed by atoms with Crippen LogP contribution in [-0.4, -0.2) is 45.8 Å². The van der Waals surface area contributed by atoms with Crippen molar-refractivity contribution in [3.63, 3.8) is 0 Å². The van der Waals surface area contributed by atoms with Gasteiger partial charge in [-0.25, -0.2) is 31.1 Å². The minimum Gasteiger partial charge on any atom is -0.481 e. The summed E-state index contributed by atoms with van der Waals surface area (Å²) in [6.45, 7) is 1.77. The second kappa shape index (κ2) is 12.4. The van der Waals surface area contributed by atoms with E-state index in [1.54, 1.807) is 19.1 Å². The Morgan fingerprint density at radius 2 is 1.60 bits per heavy atom. The van der Waals surface area contributed by atoms with E-state index in [0.717, 1.165) is 55.6 Å². The highest BCUT2D eigenvalue weighted by molar-refractivity contribution is 7.90. The first-order valence-electron chi connectivity index (χ1n) is 15.8. The van der Waals surface area contributed by atoms with Gasteiger partial charge in [0.05, 0.1) is 16.5 Å². The number of halogens is 5. The molecule has 50 heavy (non-hydrogen) atoms. The molecule has 8 rings (SSSR count). The molecule has 3 aliphatic carbocycles. The Morgan fingerprint density at radius 3 is 2.24 bits per heavy atom. The fraction of sp³-hybridized carbons (Fsp3) is 0.286. The topological polar surface area (TPSA) is 123 Å². The molecule has 3 aliphatic rings. The lowest BCUT2D eigenvalue weighted by Crippen LogP contribution is -2.51. The Morgan fingerprint density at radius 1 is 0.940 bits per heavy atom. The Labute approximate surface area is 282 Å². The monoisotopic (exact) mass is 712 g/mol. The van der Waals surface area contributed by atoms with Crippen LogP contribution in [0.15, 0.2) is 77.8 Å². The fourth-order valence-corrected chi connectivity index (χ4v) is 8.62. The summed E-state index contributed by atoms with van der Waals surface area (Å²) in [4.78, 5) is 21.4. The zero-order chi connectivity index (χ0) is 35.5. The number of hydrogen-bond acceptors (Lipinski definition) is 7.